The zero-order valence-corrected chi connectivity index (χ0v) is 18.9. The summed E-state index contributed by atoms with van der Waals surface area (Å²) in [5.74, 6) is 0.938. The molecule has 0 radical (unpaired) electrons. The van der Waals surface area contributed by atoms with E-state index >= 15 is 0 Å². The van der Waals surface area contributed by atoms with Gasteiger partial charge in [-0.15, -0.1) is 0 Å². The first-order valence-electron chi connectivity index (χ1n) is 11.6. The highest BCUT2D eigenvalue weighted by Crippen LogP contribution is 2.32. The summed E-state index contributed by atoms with van der Waals surface area (Å²) in [4.78, 5) is 24.2. The number of pyridine rings is 1. The Morgan fingerprint density at radius 1 is 0.912 bits per heavy atom. The first-order chi connectivity index (χ1) is 16.7. The van der Waals surface area contributed by atoms with Crippen LogP contribution in [0.1, 0.15) is 64.1 Å². The summed E-state index contributed by atoms with van der Waals surface area (Å²) < 4.78 is 19.2. The lowest BCUT2D eigenvalue weighted by atomic mass is 10.0. The summed E-state index contributed by atoms with van der Waals surface area (Å²) >= 11 is 0. The third-order valence-electron chi connectivity index (χ3n) is 6.21. The molecule has 3 heterocycles. The zero-order chi connectivity index (χ0) is 23.3. The van der Waals surface area contributed by atoms with Gasteiger partial charge in [-0.2, -0.15) is 0 Å². The number of carbonyl (C=O) groups excluding carboxylic acids is 1. The molecule has 1 saturated heterocycles. The zero-order valence-electron chi connectivity index (χ0n) is 18.9. The van der Waals surface area contributed by atoms with Crippen molar-refractivity contribution in [3.8, 4) is 0 Å². The van der Waals surface area contributed by atoms with Crippen LogP contribution >= 0.6 is 0 Å². The summed E-state index contributed by atoms with van der Waals surface area (Å²) in [5.41, 5.74) is 3.63. The number of hydrogen-bond acceptors (Lipinski definition) is 4. The number of hydrogen-bond donors (Lipinski definition) is 0. The van der Waals surface area contributed by atoms with Gasteiger partial charge in [-0.3, -0.25) is 9.78 Å². The van der Waals surface area contributed by atoms with E-state index in [-0.39, 0.29) is 17.8 Å². The second-order valence-electron chi connectivity index (χ2n) is 8.68. The van der Waals surface area contributed by atoms with Gasteiger partial charge in [-0.05, 0) is 54.7 Å². The molecule has 1 atom stereocenters. The van der Waals surface area contributed by atoms with Crippen molar-refractivity contribution in [2.24, 2.45) is 0 Å². The fourth-order valence-electron chi connectivity index (χ4n) is 4.42. The molecule has 1 fully saturated rings. The van der Waals surface area contributed by atoms with Crippen LogP contribution < -0.4 is 0 Å². The Bertz CT molecular complexity index is 1240. The van der Waals surface area contributed by atoms with Gasteiger partial charge in [0.15, 0.2) is 0 Å². The molecule has 5 nitrogen and oxygen atoms in total. The normalized spacial score (nSPS) is 15.9. The average Bonchev–Trinajstić information content (AvgIpc) is 3.34. The minimum atomic E-state index is -0.263. The Morgan fingerprint density at radius 2 is 1.71 bits per heavy atom. The maximum absolute atomic E-state index is 13.4. The van der Waals surface area contributed by atoms with Crippen LogP contribution in [-0.4, -0.2) is 27.3 Å². The van der Waals surface area contributed by atoms with Gasteiger partial charge in [0.2, 0.25) is 5.89 Å². The summed E-state index contributed by atoms with van der Waals surface area (Å²) in [6.45, 7) is 0.658. The van der Waals surface area contributed by atoms with Gasteiger partial charge in [0.1, 0.15) is 17.6 Å². The molecule has 2 aromatic heterocycles. The third kappa shape index (κ3) is 5.06. The quantitative estimate of drug-likeness (QED) is 0.371. The van der Waals surface area contributed by atoms with Crippen LogP contribution in [0.15, 0.2) is 83.5 Å². The van der Waals surface area contributed by atoms with Crippen LogP contribution in [0.5, 0.6) is 0 Å². The lowest BCUT2D eigenvalue weighted by Gasteiger charge is -2.33. The van der Waals surface area contributed by atoms with Crippen LogP contribution in [0.2, 0.25) is 0 Å². The van der Waals surface area contributed by atoms with Crippen molar-refractivity contribution < 1.29 is 13.6 Å². The average molecular weight is 456 g/mol. The van der Waals surface area contributed by atoms with Crippen LogP contribution in [0.3, 0.4) is 0 Å². The minimum absolute atomic E-state index is 0.0539. The lowest BCUT2D eigenvalue weighted by molar-refractivity contribution is 0.0569. The molecular weight excluding hydrogens is 429 g/mol. The van der Waals surface area contributed by atoms with E-state index in [2.05, 4.69) is 22.1 Å². The molecule has 0 unspecified atom stereocenters. The van der Waals surface area contributed by atoms with Crippen LogP contribution in [0, 0.1) is 5.82 Å². The first kappa shape index (κ1) is 22.0. The number of halogens is 1. The maximum Gasteiger partial charge on any atom is 0.256 e. The molecule has 4 aromatic rings. The molecule has 0 aliphatic carbocycles. The molecule has 6 heteroatoms. The summed E-state index contributed by atoms with van der Waals surface area (Å²) in [5, 5.41) is 0. The molecule has 0 N–H and O–H groups in total. The Hall–Kier alpha value is -3.80. The molecule has 1 aliphatic heterocycles. The SMILES string of the molecule is O=C(c1ccc(Cc2ccccc2)nc1)N1CCCC[C@@H]1c1ncc(Cc2ccc(F)cc2)o1. The highest BCUT2D eigenvalue weighted by Gasteiger charge is 2.32. The number of aromatic nitrogens is 2. The molecular formula is C28H26FN3O2. The van der Waals surface area contributed by atoms with Gasteiger partial charge in [0.25, 0.3) is 5.91 Å². The third-order valence-corrected chi connectivity index (χ3v) is 6.21. The van der Waals surface area contributed by atoms with E-state index in [1.165, 1.54) is 17.7 Å². The largest absolute Gasteiger partial charge is 0.443 e. The standard InChI is InChI=1S/C28H26FN3O2/c29-23-12-9-21(10-13-23)17-25-19-31-27(34-25)26-8-4-5-15-32(26)28(33)22-11-14-24(30-18-22)16-20-6-2-1-3-7-20/h1-3,6-7,9-14,18-19,26H,4-5,8,15-17H2/t26-/m1/s1. The van der Waals surface area contributed by atoms with E-state index in [4.69, 9.17) is 4.42 Å². The Labute approximate surface area is 198 Å². The monoisotopic (exact) mass is 455 g/mol. The highest BCUT2D eigenvalue weighted by atomic mass is 19.1. The summed E-state index contributed by atoms with van der Waals surface area (Å²) in [6, 6.07) is 20.1. The Morgan fingerprint density at radius 3 is 2.47 bits per heavy atom. The van der Waals surface area contributed by atoms with E-state index < -0.39 is 0 Å². The molecule has 0 saturated carbocycles. The lowest BCUT2D eigenvalue weighted by Crippen LogP contribution is -2.38. The van der Waals surface area contributed by atoms with Gasteiger partial charge in [0, 0.05) is 31.3 Å². The number of piperidine rings is 1. The second kappa shape index (κ2) is 10.00. The number of nitrogens with zero attached hydrogens (tertiary/aromatic N) is 3. The molecule has 2 aromatic carbocycles. The van der Waals surface area contributed by atoms with Crippen LogP contribution in [-0.2, 0) is 12.8 Å². The van der Waals surface area contributed by atoms with Gasteiger partial charge < -0.3 is 9.32 Å². The first-order valence-corrected chi connectivity index (χ1v) is 11.6. The van der Waals surface area contributed by atoms with Crippen molar-refractivity contribution in [2.45, 2.75) is 38.1 Å². The van der Waals surface area contributed by atoms with E-state index in [9.17, 15) is 9.18 Å². The van der Waals surface area contributed by atoms with E-state index in [0.717, 1.165) is 36.9 Å². The van der Waals surface area contributed by atoms with Gasteiger partial charge in [-0.1, -0.05) is 42.5 Å². The Kier molecular flexibility index (Phi) is 6.47. The molecule has 0 spiro atoms. The number of oxazole rings is 1. The fraction of sp³-hybridized carbons (Fsp3) is 0.250. The minimum Gasteiger partial charge on any atom is -0.443 e. The number of benzene rings is 2. The molecule has 172 valence electrons. The number of carbonyl (C=O) groups is 1. The fourth-order valence-corrected chi connectivity index (χ4v) is 4.42. The van der Waals surface area contributed by atoms with Crippen molar-refractivity contribution >= 4 is 5.91 Å². The molecule has 34 heavy (non-hydrogen) atoms. The van der Waals surface area contributed by atoms with Crippen molar-refractivity contribution in [2.75, 3.05) is 6.54 Å². The van der Waals surface area contributed by atoms with Crippen molar-refractivity contribution in [1.29, 1.82) is 0 Å². The second-order valence-corrected chi connectivity index (χ2v) is 8.68. The Balaban J connectivity index is 1.29. The maximum atomic E-state index is 13.4. The summed E-state index contributed by atoms with van der Waals surface area (Å²) in [6.07, 6.45) is 7.40. The number of amides is 1. The topological polar surface area (TPSA) is 59.2 Å². The molecule has 1 amide bonds. The smallest absolute Gasteiger partial charge is 0.256 e. The van der Waals surface area contributed by atoms with Crippen molar-refractivity contribution in [3.05, 3.63) is 119 Å². The van der Waals surface area contributed by atoms with E-state index in [1.807, 2.05) is 35.2 Å². The predicted molar refractivity (Wildman–Crippen MR) is 127 cm³/mol. The summed E-state index contributed by atoms with van der Waals surface area (Å²) in [7, 11) is 0. The number of rotatable bonds is 6. The predicted octanol–water partition coefficient (Wildman–Crippen LogP) is 5.76. The molecule has 0 bridgehead atoms. The number of likely N-dealkylation sites (tertiary alicyclic amines) is 1. The van der Waals surface area contributed by atoms with Gasteiger partial charge >= 0.3 is 0 Å². The van der Waals surface area contributed by atoms with E-state index in [1.54, 1.807) is 24.5 Å². The molecule has 1 aliphatic rings. The van der Waals surface area contributed by atoms with Crippen molar-refractivity contribution in [1.82, 2.24) is 14.9 Å². The highest BCUT2D eigenvalue weighted by molar-refractivity contribution is 5.94. The van der Waals surface area contributed by atoms with Crippen LogP contribution in [0.4, 0.5) is 4.39 Å². The van der Waals surface area contributed by atoms with Gasteiger partial charge in [0.05, 0.1) is 11.8 Å². The van der Waals surface area contributed by atoms with Crippen molar-refractivity contribution in [3.63, 3.8) is 0 Å². The van der Waals surface area contributed by atoms with E-state index in [0.29, 0.717) is 30.2 Å². The van der Waals surface area contributed by atoms with Gasteiger partial charge in [-0.25, -0.2) is 9.37 Å². The van der Waals surface area contributed by atoms with Crippen LogP contribution in [0.25, 0.3) is 0 Å². The molecule has 5 rings (SSSR count).